The van der Waals surface area contributed by atoms with Crippen LogP contribution >= 0.6 is 0 Å². The van der Waals surface area contributed by atoms with Crippen LogP contribution in [0.15, 0.2) is 119 Å². The summed E-state index contributed by atoms with van der Waals surface area (Å²) in [5.74, 6) is 0. The predicted molar refractivity (Wildman–Crippen MR) is 155 cm³/mol. The van der Waals surface area contributed by atoms with E-state index in [1.165, 1.54) is 3.97 Å². The minimum Gasteiger partial charge on any atom is -0.241 e. The second-order valence-electron chi connectivity index (χ2n) is 9.72. The van der Waals surface area contributed by atoms with Gasteiger partial charge in [-0.15, -0.1) is 0 Å². The van der Waals surface area contributed by atoms with Crippen molar-refractivity contribution >= 4 is 30.9 Å². The number of nitrogens with zero attached hydrogens (tertiary/aromatic N) is 1. The van der Waals surface area contributed by atoms with Crippen LogP contribution in [0.2, 0.25) is 0 Å². The summed E-state index contributed by atoms with van der Waals surface area (Å²) in [4.78, 5) is 0.445. The largest absolute Gasteiger partial charge is 0.268 e. The van der Waals surface area contributed by atoms with Gasteiger partial charge >= 0.3 is 0 Å². The number of benzene rings is 4. The Balaban J connectivity index is 1.44. The van der Waals surface area contributed by atoms with E-state index in [0.717, 1.165) is 27.6 Å². The molecule has 0 spiro atoms. The van der Waals surface area contributed by atoms with Crippen LogP contribution in [0.25, 0.3) is 10.9 Å². The van der Waals surface area contributed by atoms with Crippen LogP contribution in [0.4, 0.5) is 0 Å². The van der Waals surface area contributed by atoms with Gasteiger partial charge in [0.25, 0.3) is 10.0 Å². The number of nitrogens with one attached hydrogen (secondary N) is 1. The molecule has 0 aliphatic heterocycles. The molecule has 5 aromatic rings. The van der Waals surface area contributed by atoms with Crippen molar-refractivity contribution in [3.05, 3.63) is 132 Å². The van der Waals surface area contributed by atoms with Gasteiger partial charge in [-0.1, -0.05) is 77.9 Å². The second kappa shape index (κ2) is 10.8. The van der Waals surface area contributed by atoms with Gasteiger partial charge in [0.05, 0.1) is 15.3 Å². The zero-order chi connectivity index (χ0) is 27.6. The van der Waals surface area contributed by atoms with Crippen LogP contribution in [0, 0.1) is 13.8 Å². The van der Waals surface area contributed by atoms with E-state index in [4.69, 9.17) is 0 Å². The Labute approximate surface area is 230 Å². The van der Waals surface area contributed by atoms with Crippen molar-refractivity contribution < 1.29 is 16.8 Å². The number of hydrogen-bond donors (Lipinski definition) is 1. The molecule has 8 heteroatoms. The zero-order valence-corrected chi connectivity index (χ0v) is 23.4. The molecule has 0 fully saturated rings. The molecule has 0 saturated carbocycles. The molecule has 4 aromatic carbocycles. The van der Waals surface area contributed by atoms with Gasteiger partial charge in [0.1, 0.15) is 0 Å². The number of hydrogen-bond acceptors (Lipinski definition) is 4. The Morgan fingerprint density at radius 3 is 1.95 bits per heavy atom. The first-order valence-electron chi connectivity index (χ1n) is 12.7. The lowest BCUT2D eigenvalue weighted by Crippen LogP contribution is -2.29. The van der Waals surface area contributed by atoms with Gasteiger partial charge in [0, 0.05) is 17.6 Å². The fourth-order valence-electron chi connectivity index (χ4n) is 4.71. The van der Waals surface area contributed by atoms with Gasteiger partial charge in [-0.05, 0) is 74.2 Å². The molecule has 39 heavy (non-hydrogen) atoms. The smallest absolute Gasteiger partial charge is 0.241 e. The van der Waals surface area contributed by atoms with Crippen LogP contribution in [0.3, 0.4) is 0 Å². The Morgan fingerprint density at radius 2 is 1.31 bits per heavy atom. The van der Waals surface area contributed by atoms with Crippen LogP contribution in [0.1, 0.15) is 34.7 Å². The minimum atomic E-state index is -3.76. The van der Waals surface area contributed by atoms with E-state index in [2.05, 4.69) is 4.72 Å². The third-order valence-electron chi connectivity index (χ3n) is 6.90. The van der Waals surface area contributed by atoms with E-state index in [9.17, 15) is 16.8 Å². The van der Waals surface area contributed by atoms with E-state index in [-0.39, 0.29) is 9.79 Å². The molecule has 0 aliphatic carbocycles. The van der Waals surface area contributed by atoms with Gasteiger partial charge < -0.3 is 0 Å². The van der Waals surface area contributed by atoms with Gasteiger partial charge in [-0.25, -0.2) is 25.5 Å². The maximum Gasteiger partial charge on any atom is 0.268 e. The molecule has 0 aliphatic rings. The molecule has 1 unspecified atom stereocenters. The quantitative estimate of drug-likeness (QED) is 0.235. The molecular weight excluding hydrogens is 528 g/mol. The topological polar surface area (TPSA) is 85.2 Å². The summed E-state index contributed by atoms with van der Waals surface area (Å²) in [5, 5.41) is 0.821. The molecule has 0 saturated heterocycles. The Kier molecular flexibility index (Phi) is 7.44. The number of aromatic nitrogens is 1. The van der Waals surface area contributed by atoms with Crippen molar-refractivity contribution in [3.8, 4) is 0 Å². The molecule has 0 amide bonds. The Hall–Kier alpha value is -3.72. The van der Waals surface area contributed by atoms with Crippen molar-refractivity contribution in [2.75, 3.05) is 0 Å². The lowest BCUT2D eigenvalue weighted by Gasteiger charge is -2.20. The van der Waals surface area contributed by atoms with Crippen LogP contribution in [-0.2, 0) is 26.5 Å². The molecule has 6 nitrogen and oxygen atoms in total. The monoisotopic (exact) mass is 558 g/mol. The summed E-state index contributed by atoms with van der Waals surface area (Å²) in [6.45, 7) is 3.83. The maximum absolute atomic E-state index is 13.4. The van der Waals surface area contributed by atoms with E-state index in [1.807, 2.05) is 62.4 Å². The average Bonchev–Trinajstić information content (AvgIpc) is 3.38. The van der Waals surface area contributed by atoms with Crippen LogP contribution in [-0.4, -0.2) is 20.8 Å². The molecule has 1 N–H and O–H groups in total. The Morgan fingerprint density at radius 1 is 0.692 bits per heavy atom. The number of sulfonamides is 1. The number of aryl methyl sites for hydroxylation is 3. The van der Waals surface area contributed by atoms with E-state index in [0.29, 0.717) is 18.4 Å². The van der Waals surface area contributed by atoms with Crippen LogP contribution < -0.4 is 4.72 Å². The first-order chi connectivity index (χ1) is 18.6. The maximum atomic E-state index is 13.4. The lowest BCUT2D eigenvalue weighted by molar-refractivity contribution is 0.540. The van der Waals surface area contributed by atoms with Crippen molar-refractivity contribution in [3.63, 3.8) is 0 Å². The van der Waals surface area contributed by atoms with Crippen LogP contribution in [0.5, 0.6) is 0 Å². The van der Waals surface area contributed by atoms with Gasteiger partial charge in [-0.2, -0.15) is 0 Å². The molecule has 5 rings (SSSR count). The molecule has 0 radical (unpaired) electrons. The minimum absolute atomic E-state index is 0.217. The normalized spacial score (nSPS) is 13.0. The Bertz CT molecular complexity index is 1810. The van der Waals surface area contributed by atoms with E-state index in [1.54, 1.807) is 60.8 Å². The van der Waals surface area contributed by atoms with Gasteiger partial charge in [0.2, 0.25) is 10.0 Å². The summed E-state index contributed by atoms with van der Waals surface area (Å²) >= 11 is 0. The molecule has 0 bridgehead atoms. The van der Waals surface area contributed by atoms with Crippen molar-refractivity contribution in [1.82, 2.24) is 8.69 Å². The van der Waals surface area contributed by atoms with Gasteiger partial charge in [0.15, 0.2) is 0 Å². The third-order valence-corrected chi connectivity index (χ3v) is 10.1. The average molecular weight is 559 g/mol. The highest BCUT2D eigenvalue weighted by Crippen LogP contribution is 2.28. The van der Waals surface area contributed by atoms with Crippen molar-refractivity contribution in [2.45, 2.75) is 42.5 Å². The number of rotatable bonds is 9. The highest BCUT2D eigenvalue weighted by atomic mass is 32.2. The van der Waals surface area contributed by atoms with E-state index < -0.39 is 26.1 Å². The van der Waals surface area contributed by atoms with Crippen molar-refractivity contribution in [2.24, 2.45) is 0 Å². The molecule has 1 aromatic heterocycles. The molecule has 200 valence electrons. The van der Waals surface area contributed by atoms with Crippen molar-refractivity contribution in [1.29, 1.82) is 0 Å². The standard InChI is InChI=1S/C31H30N2O4S2/c1-23-11-16-27(17-12-23)38(34,35)32-30(26-7-4-3-5-8-26)20-15-25-9-6-10-31-29(25)21-22-33(31)39(36,37)28-18-13-24(2)14-19-28/h3-14,16-19,21-22,30,32H,15,20H2,1-2H3. The highest BCUT2D eigenvalue weighted by molar-refractivity contribution is 7.90. The first-order valence-corrected chi connectivity index (χ1v) is 15.6. The predicted octanol–water partition coefficient (Wildman–Crippen LogP) is 6.15. The summed E-state index contributed by atoms with van der Waals surface area (Å²) in [7, 11) is -7.52. The summed E-state index contributed by atoms with van der Waals surface area (Å²) in [6.07, 6.45) is 2.62. The summed E-state index contributed by atoms with van der Waals surface area (Å²) in [5.41, 5.74) is 4.36. The third kappa shape index (κ3) is 5.68. The second-order valence-corrected chi connectivity index (χ2v) is 13.2. The highest BCUT2D eigenvalue weighted by Gasteiger charge is 2.23. The number of fused-ring (bicyclic) bond motifs is 1. The fraction of sp³-hybridized carbons (Fsp3) is 0.161. The fourth-order valence-corrected chi connectivity index (χ4v) is 7.31. The lowest BCUT2D eigenvalue weighted by atomic mass is 9.98. The summed E-state index contributed by atoms with van der Waals surface area (Å²) in [6, 6.07) is 30.0. The molecule has 1 heterocycles. The summed E-state index contributed by atoms with van der Waals surface area (Å²) < 4.78 is 57.4. The molecular formula is C31H30N2O4S2. The van der Waals surface area contributed by atoms with Gasteiger partial charge in [-0.3, -0.25) is 0 Å². The zero-order valence-electron chi connectivity index (χ0n) is 21.8. The molecule has 1 atom stereocenters. The van der Waals surface area contributed by atoms with E-state index >= 15 is 0 Å². The SMILES string of the molecule is Cc1ccc(S(=O)(=O)NC(CCc2cccc3c2ccn3S(=O)(=O)c2ccc(C)cc2)c2ccccc2)cc1. The first kappa shape index (κ1) is 26.9.